The molecule has 10 heteroatoms. The molecule has 2 amide bonds. The van der Waals surface area contributed by atoms with E-state index in [1.54, 1.807) is 0 Å². The second-order valence-electron chi connectivity index (χ2n) is 5.46. The molecular formula is C13H23N5O5. The van der Waals surface area contributed by atoms with E-state index in [-0.39, 0.29) is 31.3 Å². The van der Waals surface area contributed by atoms with Crippen LogP contribution < -0.4 is 16.4 Å². The zero-order valence-electron chi connectivity index (χ0n) is 12.9. The van der Waals surface area contributed by atoms with E-state index in [4.69, 9.17) is 16.2 Å². The minimum Gasteiger partial charge on any atom is -0.480 e. The largest absolute Gasteiger partial charge is 0.480 e. The molecule has 1 heterocycles. The van der Waals surface area contributed by atoms with Crippen molar-refractivity contribution in [3.05, 3.63) is 0 Å². The number of β-amino-alcohol motifs (C(OH)–C–C–N with tert-alkyl or cyclic N) is 1. The van der Waals surface area contributed by atoms with Crippen LogP contribution in [0.2, 0.25) is 0 Å². The summed E-state index contributed by atoms with van der Waals surface area (Å²) < 4.78 is 0. The number of carboxylic acids is 1. The van der Waals surface area contributed by atoms with Gasteiger partial charge in [0.1, 0.15) is 12.1 Å². The van der Waals surface area contributed by atoms with Gasteiger partial charge in [0.15, 0.2) is 5.96 Å². The van der Waals surface area contributed by atoms with Crippen LogP contribution in [0.15, 0.2) is 0 Å². The summed E-state index contributed by atoms with van der Waals surface area (Å²) in [5.74, 6) is -2.34. The number of aliphatic hydroxyl groups excluding tert-OH is 1. The molecule has 7 N–H and O–H groups in total. The van der Waals surface area contributed by atoms with Crippen molar-refractivity contribution in [3.63, 3.8) is 0 Å². The third-order valence-corrected chi connectivity index (χ3v) is 3.59. The standard InChI is InChI=1S/C13H23N5O5/c1-7(19)18-6-8(20)5-10(18)11(21)17-9(12(22)23)3-2-4-16-13(14)15/h8-10,20H,2-6H2,1H3,(H,17,21)(H,22,23)(H4,14,15,16)/t8?,9-,10-/m0/s1. The van der Waals surface area contributed by atoms with Crippen molar-refractivity contribution in [2.45, 2.75) is 44.4 Å². The van der Waals surface area contributed by atoms with Crippen molar-refractivity contribution in [1.82, 2.24) is 15.5 Å². The van der Waals surface area contributed by atoms with Gasteiger partial charge in [-0.05, 0) is 12.8 Å². The number of nitrogens with zero attached hydrogens (tertiary/aromatic N) is 1. The molecule has 0 radical (unpaired) electrons. The lowest BCUT2D eigenvalue weighted by molar-refractivity contribution is -0.143. The number of nitrogens with two attached hydrogens (primary N) is 1. The molecule has 0 aromatic rings. The van der Waals surface area contributed by atoms with Crippen molar-refractivity contribution in [2.75, 3.05) is 13.1 Å². The highest BCUT2D eigenvalue weighted by molar-refractivity contribution is 5.90. The van der Waals surface area contributed by atoms with E-state index in [2.05, 4.69) is 10.6 Å². The van der Waals surface area contributed by atoms with Crippen molar-refractivity contribution in [1.29, 1.82) is 5.41 Å². The summed E-state index contributed by atoms with van der Waals surface area (Å²) in [5.41, 5.74) is 5.11. The lowest BCUT2D eigenvalue weighted by atomic mass is 10.1. The summed E-state index contributed by atoms with van der Waals surface area (Å²) >= 11 is 0. The van der Waals surface area contributed by atoms with Crippen LogP contribution >= 0.6 is 0 Å². The Hall–Kier alpha value is -2.36. The van der Waals surface area contributed by atoms with E-state index in [0.29, 0.717) is 13.0 Å². The summed E-state index contributed by atoms with van der Waals surface area (Å²) in [6.45, 7) is 1.67. The number of carboxylic acid groups (broad SMARTS) is 1. The molecule has 10 nitrogen and oxygen atoms in total. The van der Waals surface area contributed by atoms with Gasteiger partial charge in [0.25, 0.3) is 0 Å². The lowest BCUT2D eigenvalue weighted by Crippen LogP contribution is -2.50. The molecule has 23 heavy (non-hydrogen) atoms. The molecular weight excluding hydrogens is 306 g/mol. The maximum atomic E-state index is 12.2. The Bertz CT molecular complexity index is 483. The van der Waals surface area contributed by atoms with Crippen LogP contribution in [0.4, 0.5) is 0 Å². The first kappa shape index (κ1) is 18.7. The molecule has 130 valence electrons. The Morgan fingerprint density at radius 3 is 2.61 bits per heavy atom. The van der Waals surface area contributed by atoms with Gasteiger partial charge in [-0.2, -0.15) is 0 Å². The van der Waals surface area contributed by atoms with Gasteiger partial charge >= 0.3 is 5.97 Å². The molecule has 3 atom stereocenters. The van der Waals surface area contributed by atoms with Crippen molar-refractivity contribution in [3.8, 4) is 0 Å². The number of amides is 2. The van der Waals surface area contributed by atoms with Gasteiger partial charge in [0.05, 0.1) is 6.10 Å². The maximum absolute atomic E-state index is 12.2. The first-order valence-corrected chi connectivity index (χ1v) is 7.28. The Kier molecular flexibility index (Phi) is 6.76. The molecule has 1 unspecified atom stereocenters. The highest BCUT2D eigenvalue weighted by Gasteiger charge is 2.38. The second kappa shape index (κ2) is 8.32. The van der Waals surface area contributed by atoms with E-state index in [9.17, 15) is 19.5 Å². The van der Waals surface area contributed by atoms with E-state index < -0.39 is 30.1 Å². The highest BCUT2D eigenvalue weighted by Crippen LogP contribution is 2.18. The molecule has 0 saturated carbocycles. The van der Waals surface area contributed by atoms with Gasteiger partial charge in [-0.1, -0.05) is 0 Å². The van der Waals surface area contributed by atoms with E-state index in [1.807, 2.05) is 0 Å². The number of hydrogen-bond acceptors (Lipinski definition) is 5. The average molecular weight is 329 g/mol. The summed E-state index contributed by atoms with van der Waals surface area (Å²) in [6.07, 6.45) is -0.168. The zero-order valence-corrected chi connectivity index (χ0v) is 12.9. The van der Waals surface area contributed by atoms with Crippen LogP contribution in [0.1, 0.15) is 26.2 Å². The Morgan fingerprint density at radius 1 is 1.43 bits per heavy atom. The lowest BCUT2D eigenvalue weighted by Gasteiger charge is -2.24. The number of aliphatic carboxylic acids is 1. The second-order valence-corrected chi connectivity index (χ2v) is 5.46. The van der Waals surface area contributed by atoms with Crippen LogP contribution in [0.3, 0.4) is 0 Å². The Labute approximate surface area is 133 Å². The van der Waals surface area contributed by atoms with Gasteiger partial charge in [-0.15, -0.1) is 0 Å². The van der Waals surface area contributed by atoms with Crippen molar-refractivity contribution >= 4 is 23.7 Å². The number of rotatable bonds is 7. The van der Waals surface area contributed by atoms with Crippen LogP contribution in [0.5, 0.6) is 0 Å². The van der Waals surface area contributed by atoms with Crippen LogP contribution in [0.25, 0.3) is 0 Å². The molecule has 1 fully saturated rings. The fourth-order valence-electron chi connectivity index (χ4n) is 2.46. The van der Waals surface area contributed by atoms with Crippen molar-refractivity contribution < 1.29 is 24.6 Å². The van der Waals surface area contributed by atoms with Gasteiger partial charge in [0, 0.05) is 26.4 Å². The molecule has 1 aliphatic heterocycles. The Balaban J connectivity index is 2.58. The van der Waals surface area contributed by atoms with Crippen LogP contribution in [0, 0.1) is 5.41 Å². The van der Waals surface area contributed by atoms with Crippen LogP contribution in [-0.4, -0.2) is 70.1 Å². The van der Waals surface area contributed by atoms with E-state index >= 15 is 0 Å². The maximum Gasteiger partial charge on any atom is 0.326 e. The predicted octanol–water partition coefficient (Wildman–Crippen LogP) is -2.20. The molecule has 0 bridgehead atoms. The summed E-state index contributed by atoms with van der Waals surface area (Å²) in [6, 6.07) is -1.97. The minimum absolute atomic E-state index is 0.0632. The minimum atomic E-state index is -1.19. The number of carbonyl (C=O) groups excluding carboxylic acids is 2. The fourth-order valence-corrected chi connectivity index (χ4v) is 2.46. The quantitative estimate of drug-likeness (QED) is 0.175. The summed E-state index contributed by atoms with van der Waals surface area (Å²) in [4.78, 5) is 36.1. The third-order valence-electron chi connectivity index (χ3n) is 3.59. The smallest absolute Gasteiger partial charge is 0.326 e. The summed E-state index contributed by atoms with van der Waals surface area (Å²) in [5, 5.41) is 30.7. The fraction of sp³-hybridized carbons (Fsp3) is 0.692. The first-order valence-electron chi connectivity index (χ1n) is 7.28. The molecule has 0 aliphatic carbocycles. The number of guanidine groups is 1. The Morgan fingerprint density at radius 2 is 2.09 bits per heavy atom. The number of carbonyl (C=O) groups is 3. The monoisotopic (exact) mass is 329 g/mol. The third kappa shape index (κ3) is 5.74. The molecule has 1 saturated heterocycles. The van der Waals surface area contributed by atoms with Gasteiger partial charge in [-0.3, -0.25) is 15.0 Å². The number of likely N-dealkylation sites (tertiary alicyclic amines) is 1. The first-order chi connectivity index (χ1) is 10.7. The highest BCUT2D eigenvalue weighted by atomic mass is 16.4. The number of aliphatic hydroxyl groups is 1. The molecule has 1 rings (SSSR count). The predicted molar refractivity (Wildman–Crippen MR) is 80.5 cm³/mol. The van der Waals surface area contributed by atoms with Crippen LogP contribution in [-0.2, 0) is 14.4 Å². The van der Waals surface area contributed by atoms with E-state index in [1.165, 1.54) is 11.8 Å². The van der Waals surface area contributed by atoms with Gasteiger partial charge in [0.2, 0.25) is 11.8 Å². The van der Waals surface area contributed by atoms with Gasteiger partial charge < -0.3 is 31.5 Å². The zero-order chi connectivity index (χ0) is 17.6. The van der Waals surface area contributed by atoms with Gasteiger partial charge in [-0.25, -0.2) is 4.79 Å². The summed E-state index contributed by atoms with van der Waals surface area (Å²) in [7, 11) is 0. The normalized spacial score (nSPS) is 21.6. The topological polar surface area (TPSA) is 169 Å². The van der Waals surface area contributed by atoms with E-state index in [0.717, 1.165) is 0 Å². The number of nitrogens with one attached hydrogen (secondary N) is 3. The molecule has 1 aliphatic rings. The van der Waals surface area contributed by atoms with Crippen molar-refractivity contribution in [2.24, 2.45) is 5.73 Å². The SMILES string of the molecule is CC(=O)N1CC(O)C[C@H]1C(=O)N[C@@H](CCCNC(=N)N)C(=O)O. The molecule has 0 aromatic carbocycles. The number of hydrogen-bond donors (Lipinski definition) is 6. The molecule has 0 spiro atoms. The average Bonchev–Trinajstić information content (AvgIpc) is 2.83. The molecule has 0 aromatic heterocycles.